The van der Waals surface area contributed by atoms with Gasteiger partial charge < -0.3 is 14.6 Å². The van der Waals surface area contributed by atoms with Gasteiger partial charge in [-0.25, -0.2) is 9.69 Å². The van der Waals surface area contributed by atoms with E-state index in [1.54, 1.807) is 49.4 Å². The van der Waals surface area contributed by atoms with Crippen molar-refractivity contribution in [2.24, 2.45) is 5.92 Å². The molecule has 0 radical (unpaired) electrons. The molecular weight excluding hydrogens is 514 g/mol. The Hall–Kier alpha value is -4.11. The second-order valence-electron chi connectivity index (χ2n) is 9.92. The number of aliphatic hydroxyl groups is 1. The quantitative estimate of drug-likeness (QED) is 0.235. The van der Waals surface area contributed by atoms with E-state index in [1.165, 1.54) is 6.92 Å². The molecule has 9 heteroatoms. The summed E-state index contributed by atoms with van der Waals surface area (Å²) in [7, 11) is 0. The Labute approximate surface area is 233 Å². The Morgan fingerprint density at radius 2 is 1.77 bits per heavy atom. The zero-order valence-corrected chi connectivity index (χ0v) is 23.2. The first-order chi connectivity index (χ1) is 19.0. The van der Waals surface area contributed by atoms with Gasteiger partial charge >= 0.3 is 12.1 Å². The molecule has 0 aliphatic carbocycles. The van der Waals surface area contributed by atoms with Crippen LogP contribution >= 0.6 is 0 Å². The van der Waals surface area contributed by atoms with E-state index in [2.05, 4.69) is 0 Å². The molecule has 3 rings (SSSR count). The number of cyclic esters (lactones) is 1. The van der Waals surface area contributed by atoms with Crippen molar-refractivity contribution in [2.45, 2.75) is 65.2 Å². The van der Waals surface area contributed by atoms with Gasteiger partial charge in [0.25, 0.3) is 0 Å². The van der Waals surface area contributed by atoms with E-state index in [0.717, 1.165) is 23.5 Å². The molecule has 212 valence electrons. The van der Waals surface area contributed by atoms with Gasteiger partial charge in [0.05, 0.1) is 12.0 Å². The molecule has 40 heavy (non-hydrogen) atoms. The van der Waals surface area contributed by atoms with Crippen LogP contribution in [0.1, 0.15) is 62.8 Å². The molecule has 1 aliphatic rings. The summed E-state index contributed by atoms with van der Waals surface area (Å²) in [6.45, 7) is 5.96. The number of rotatable bonds is 12. The molecule has 9 nitrogen and oxygen atoms in total. The molecule has 4 atom stereocenters. The fourth-order valence-electron chi connectivity index (χ4n) is 4.67. The number of aryl methyl sites for hydroxylation is 1. The van der Waals surface area contributed by atoms with E-state index in [4.69, 9.17) is 14.6 Å². The summed E-state index contributed by atoms with van der Waals surface area (Å²) < 4.78 is 10.8. The first-order valence-electron chi connectivity index (χ1n) is 13.3. The number of nitrogens with zero attached hydrogens (tertiary/aromatic N) is 1. The number of amides is 2. The maximum Gasteiger partial charge on any atom is 0.417 e. The summed E-state index contributed by atoms with van der Waals surface area (Å²) in [5.41, 5.74) is 2.20. The van der Waals surface area contributed by atoms with Crippen LogP contribution in [0, 0.1) is 12.8 Å². The van der Waals surface area contributed by atoms with Crippen LogP contribution in [0.3, 0.4) is 0 Å². The molecular formula is C31H35NO8. The Balaban J connectivity index is 1.92. The van der Waals surface area contributed by atoms with Crippen LogP contribution in [-0.4, -0.2) is 58.3 Å². The summed E-state index contributed by atoms with van der Waals surface area (Å²) in [5, 5.41) is 9.10. The molecule has 0 spiro atoms. The number of carbonyl (C=O) groups is 5. The summed E-state index contributed by atoms with van der Waals surface area (Å²) in [6, 6.07) is 15.3. The van der Waals surface area contributed by atoms with Crippen molar-refractivity contribution in [3.63, 3.8) is 0 Å². The maximum atomic E-state index is 13.6. The fraction of sp³-hybridized carbons (Fsp3) is 0.387. The third kappa shape index (κ3) is 7.30. The van der Waals surface area contributed by atoms with Crippen molar-refractivity contribution in [1.82, 2.24) is 4.90 Å². The van der Waals surface area contributed by atoms with Gasteiger partial charge in [0, 0.05) is 25.5 Å². The lowest BCUT2D eigenvalue weighted by Gasteiger charge is -2.26. The van der Waals surface area contributed by atoms with Crippen molar-refractivity contribution in [3.8, 4) is 0 Å². The zero-order valence-electron chi connectivity index (χ0n) is 23.2. The Morgan fingerprint density at radius 1 is 1.07 bits per heavy atom. The minimum absolute atomic E-state index is 0.0632. The summed E-state index contributed by atoms with van der Waals surface area (Å²) in [5.74, 6) is -3.87. The number of Topliss-reactive ketones (excluding diaryl/α,β-unsaturated/α-hetero) is 1. The van der Waals surface area contributed by atoms with Crippen LogP contribution < -0.4 is 0 Å². The number of esters is 1. The molecule has 0 saturated carbocycles. The summed E-state index contributed by atoms with van der Waals surface area (Å²) >= 11 is 0. The van der Waals surface area contributed by atoms with Crippen molar-refractivity contribution in [3.05, 3.63) is 77.4 Å². The SMILES string of the molecule is CC(=O)O[C@H](C(=O)C=C(C(=O)CCCCO)c1cccc(C)c1)[C@H](C)C(=O)N1C(=O)O[C@H](c2ccccc2)[C@@H]1C. The van der Waals surface area contributed by atoms with E-state index >= 15 is 0 Å². The number of hydrogen-bond donors (Lipinski definition) is 1. The molecule has 0 bridgehead atoms. The molecule has 2 aromatic rings. The molecule has 1 heterocycles. The van der Waals surface area contributed by atoms with Gasteiger partial charge in [0.15, 0.2) is 17.7 Å². The van der Waals surface area contributed by atoms with Crippen LogP contribution in [0.2, 0.25) is 0 Å². The van der Waals surface area contributed by atoms with Crippen LogP contribution in [-0.2, 0) is 28.7 Å². The number of imide groups is 1. The lowest BCUT2D eigenvalue weighted by Crippen LogP contribution is -2.47. The van der Waals surface area contributed by atoms with Crippen LogP contribution in [0.5, 0.6) is 0 Å². The third-order valence-corrected chi connectivity index (χ3v) is 6.78. The number of unbranched alkanes of at least 4 members (excludes halogenated alkanes) is 1. The number of hydrogen-bond acceptors (Lipinski definition) is 8. The normalized spacial score (nSPS) is 18.6. The van der Waals surface area contributed by atoms with E-state index in [-0.39, 0.29) is 24.4 Å². The number of carbonyl (C=O) groups excluding carboxylic acids is 5. The van der Waals surface area contributed by atoms with Gasteiger partial charge in [-0.3, -0.25) is 19.2 Å². The predicted octanol–water partition coefficient (Wildman–Crippen LogP) is 4.36. The summed E-state index contributed by atoms with van der Waals surface area (Å²) in [4.78, 5) is 65.9. The minimum atomic E-state index is -1.58. The van der Waals surface area contributed by atoms with E-state index < -0.39 is 47.9 Å². The Morgan fingerprint density at radius 3 is 2.40 bits per heavy atom. The van der Waals surface area contributed by atoms with Gasteiger partial charge in [-0.15, -0.1) is 0 Å². The molecule has 2 aromatic carbocycles. The van der Waals surface area contributed by atoms with Gasteiger partial charge in [-0.2, -0.15) is 0 Å². The Bertz CT molecular complexity index is 1290. The monoisotopic (exact) mass is 549 g/mol. The first-order valence-corrected chi connectivity index (χ1v) is 13.3. The third-order valence-electron chi connectivity index (χ3n) is 6.78. The van der Waals surface area contributed by atoms with Crippen molar-refractivity contribution in [1.29, 1.82) is 0 Å². The van der Waals surface area contributed by atoms with Crippen molar-refractivity contribution >= 4 is 35.1 Å². The Kier molecular flexibility index (Phi) is 10.5. The largest absolute Gasteiger partial charge is 0.453 e. The van der Waals surface area contributed by atoms with Gasteiger partial charge in [0.2, 0.25) is 5.91 Å². The lowest BCUT2D eigenvalue weighted by atomic mass is 9.92. The number of allylic oxidation sites excluding steroid dienone is 1. The number of ketones is 2. The predicted molar refractivity (Wildman–Crippen MR) is 147 cm³/mol. The van der Waals surface area contributed by atoms with Crippen molar-refractivity contribution < 1.29 is 38.6 Å². The number of ether oxygens (including phenoxy) is 2. The average molecular weight is 550 g/mol. The molecule has 0 aromatic heterocycles. The second-order valence-corrected chi connectivity index (χ2v) is 9.92. The van der Waals surface area contributed by atoms with E-state index in [0.29, 0.717) is 24.0 Å². The highest BCUT2D eigenvalue weighted by atomic mass is 16.6. The topological polar surface area (TPSA) is 127 Å². The summed E-state index contributed by atoms with van der Waals surface area (Å²) in [6.07, 6.45) is -1.09. The lowest BCUT2D eigenvalue weighted by molar-refractivity contribution is -0.158. The fourth-order valence-corrected chi connectivity index (χ4v) is 4.67. The molecule has 1 fully saturated rings. The van der Waals surface area contributed by atoms with Crippen LogP contribution in [0.25, 0.3) is 5.57 Å². The minimum Gasteiger partial charge on any atom is -0.453 e. The van der Waals surface area contributed by atoms with E-state index in [9.17, 15) is 24.0 Å². The highest BCUT2D eigenvalue weighted by Crippen LogP contribution is 2.34. The van der Waals surface area contributed by atoms with Gasteiger partial charge in [0.1, 0.15) is 6.10 Å². The van der Waals surface area contributed by atoms with Crippen LogP contribution in [0.15, 0.2) is 60.7 Å². The number of benzene rings is 2. The molecule has 2 amide bonds. The van der Waals surface area contributed by atoms with Crippen LogP contribution in [0.4, 0.5) is 4.79 Å². The smallest absolute Gasteiger partial charge is 0.417 e. The number of aliphatic hydroxyl groups excluding tert-OH is 1. The molecule has 0 unspecified atom stereocenters. The first kappa shape index (κ1) is 30.4. The maximum absolute atomic E-state index is 13.6. The standard InChI is InChI=1S/C31H35NO8/c1-19-11-10-14-24(17-19)25(26(35)15-8-9-16-33)18-27(36)28(39-22(4)34)20(2)30(37)32-21(3)29(40-31(32)38)23-12-6-5-7-13-23/h5-7,10-14,17-18,20-21,28-29,33H,8-9,15-16H2,1-4H3/t20-,21-,28-,29-/m0/s1. The second kappa shape index (κ2) is 13.8. The molecule has 1 N–H and O–H groups in total. The van der Waals surface area contributed by atoms with E-state index in [1.807, 2.05) is 19.1 Å². The van der Waals surface area contributed by atoms with Gasteiger partial charge in [-0.05, 0) is 50.8 Å². The molecule has 1 aliphatic heterocycles. The van der Waals surface area contributed by atoms with Gasteiger partial charge in [-0.1, -0.05) is 60.2 Å². The average Bonchev–Trinajstić information content (AvgIpc) is 3.23. The van der Waals surface area contributed by atoms with Crippen molar-refractivity contribution in [2.75, 3.05) is 6.61 Å². The highest BCUT2D eigenvalue weighted by Gasteiger charge is 2.47. The zero-order chi connectivity index (χ0) is 29.4. The highest BCUT2D eigenvalue weighted by molar-refractivity contribution is 6.25. The molecule has 1 saturated heterocycles.